The van der Waals surface area contributed by atoms with Crippen molar-refractivity contribution in [3.8, 4) is 17.2 Å². The van der Waals surface area contributed by atoms with E-state index < -0.39 is 0 Å². The Morgan fingerprint density at radius 3 is 2.24 bits per heavy atom. The number of allylic oxidation sites excluding steroid dienone is 4. The summed E-state index contributed by atoms with van der Waals surface area (Å²) in [4.78, 5) is 0. The highest BCUT2D eigenvalue weighted by Gasteiger charge is 2.09. The third-order valence-corrected chi connectivity index (χ3v) is 3.35. The molecule has 0 radical (unpaired) electrons. The zero-order chi connectivity index (χ0) is 15.8. The van der Waals surface area contributed by atoms with Crippen LogP contribution < -0.4 is 9.47 Å². The minimum absolute atomic E-state index is 0.237. The van der Waals surface area contributed by atoms with Gasteiger partial charge in [-0.1, -0.05) is 23.3 Å². The average molecular weight is 290 g/mol. The summed E-state index contributed by atoms with van der Waals surface area (Å²) in [5.41, 5.74) is 3.51. The summed E-state index contributed by atoms with van der Waals surface area (Å²) in [6, 6.07) is 3.43. The first-order chi connectivity index (χ1) is 9.97. The van der Waals surface area contributed by atoms with Gasteiger partial charge in [0.1, 0.15) is 5.75 Å². The molecule has 1 aromatic carbocycles. The Kier molecular flexibility index (Phi) is 6.86. The number of hydrogen-bond acceptors (Lipinski definition) is 3. The van der Waals surface area contributed by atoms with Crippen molar-refractivity contribution in [2.24, 2.45) is 0 Å². The van der Waals surface area contributed by atoms with Crippen LogP contribution in [-0.2, 0) is 6.42 Å². The molecular formula is C18H26O3. The molecule has 0 saturated heterocycles. The fraction of sp³-hybridized carbons (Fsp3) is 0.444. The van der Waals surface area contributed by atoms with Gasteiger partial charge < -0.3 is 14.6 Å². The lowest BCUT2D eigenvalue weighted by atomic mass is 10.0. The highest BCUT2D eigenvalue weighted by Crippen LogP contribution is 2.34. The van der Waals surface area contributed by atoms with Gasteiger partial charge in [-0.25, -0.2) is 0 Å². The van der Waals surface area contributed by atoms with Crippen LogP contribution in [0.15, 0.2) is 35.4 Å². The largest absolute Gasteiger partial charge is 0.508 e. The fourth-order valence-electron chi connectivity index (χ4n) is 2.05. The van der Waals surface area contributed by atoms with Crippen molar-refractivity contribution in [3.05, 3.63) is 41.0 Å². The Balaban J connectivity index is 2.76. The molecule has 1 rings (SSSR count). The molecule has 0 heterocycles. The van der Waals surface area contributed by atoms with Crippen molar-refractivity contribution >= 4 is 0 Å². The molecule has 0 bridgehead atoms. The van der Waals surface area contributed by atoms with Gasteiger partial charge in [-0.05, 0) is 46.1 Å². The molecule has 0 saturated carbocycles. The first-order valence-electron chi connectivity index (χ1n) is 7.20. The second-order valence-electron chi connectivity index (χ2n) is 5.41. The second-order valence-corrected chi connectivity index (χ2v) is 5.41. The normalized spacial score (nSPS) is 11.2. The molecule has 0 unspecified atom stereocenters. The molecule has 21 heavy (non-hydrogen) atoms. The summed E-state index contributed by atoms with van der Waals surface area (Å²) in [5, 5.41) is 10.0. The van der Waals surface area contributed by atoms with Crippen LogP contribution in [0.25, 0.3) is 0 Å². The predicted octanol–water partition coefficient (Wildman–Crippen LogP) is 4.64. The predicted molar refractivity (Wildman–Crippen MR) is 87.3 cm³/mol. The Morgan fingerprint density at radius 2 is 1.67 bits per heavy atom. The molecule has 0 atom stereocenters. The number of hydrogen-bond donors (Lipinski definition) is 1. The van der Waals surface area contributed by atoms with Gasteiger partial charge in [0.15, 0.2) is 11.5 Å². The standard InChI is InChI=1S/C18H26O3/c1-13(2)7-6-8-14(3)9-10-15-11-17(20-4)18(21-5)12-16(15)19/h7,9,11-12,19H,6,8,10H2,1-5H3/b14-9+. The van der Waals surface area contributed by atoms with Crippen molar-refractivity contribution in [3.63, 3.8) is 0 Å². The summed E-state index contributed by atoms with van der Waals surface area (Å²) in [6.45, 7) is 6.35. The van der Waals surface area contributed by atoms with Crippen molar-refractivity contribution < 1.29 is 14.6 Å². The molecule has 3 heteroatoms. The van der Waals surface area contributed by atoms with Gasteiger partial charge in [0.05, 0.1) is 14.2 Å². The number of phenolic OH excluding ortho intramolecular Hbond substituents is 1. The van der Waals surface area contributed by atoms with Crippen molar-refractivity contribution in [1.82, 2.24) is 0 Å². The third-order valence-electron chi connectivity index (χ3n) is 3.35. The lowest BCUT2D eigenvalue weighted by Gasteiger charge is -2.11. The summed E-state index contributed by atoms with van der Waals surface area (Å²) in [6.07, 6.45) is 7.18. The van der Waals surface area contributed by atoms with Crippen LogP contribution in [0.3, 0.4) is 0 Å². The van der Waals surface area contributed by atoms with Crippen molar-refractivity contribution in [2.45, 2.75) is 40.0 Å². The Hall–Kier alpha value is -1.90. The van der Waals surface area contributed by atoms with Crippen molar-refractivity contribution in [1.29, 1.82) is 0 Å². The van der Waals surface area contributed by atoms with Crippen molar-refractivity contribution in [2.75, 3.05) is 14.2 Å². The van der Waals surface area contributed by atoms with E-state index in [2.05, 4.69) is 32.9 Å². The van der Waals surface area contributed by atoms with Crippen LogP contribution in [0.4, 0.5) is 0 Å². The maximum atomic E-state index is 10.0. The molecule has 116 valence electrons. The van der Waals surface area contributed by atoms with E-state index in [1.54, 1.807) is 20.3 Å². The lowest BCUT2D eigenvalue weighted by molar-refractivity contribution is 0.350. The van der Waals surface area contributed by atoms with Crippen LogP contribution in [0.5, 0.6) is 17.2 Å². The summed E-state index contributed by atoms with van der Waals surface area (Å²) in [7, 11) is 3.16. The van der Waals surface area contributed by atoms with Gasteiger partial charge in [0.25, 0.3) is 0 Å². The molecule has 0 aliphatic carbocycles. The molecule has 0 fully saturated rings. The zero-order valence-corrected chi connectivity index (χ0v) is 13.7. The van der Waals surface area contributed by atoms with Gasteiger partial charge in [-0.15, -0.1) is 0 Å². The van der Waals surface area contributed by atoms with Crippen LogP contribution >= 0.6 is 0 Å². The molecule has 0 amide bonds. The summed E-state index contributed by atoms with van der Waals surface area (Å²) < 4.78 is 10.4. The van der Waals surface area contributed by atoms with E-state index in [0.29, 0.717) is 17.9 Å². The first-order valence-corrected chi connectivity index (χ1v) is 7.20. The molecule has 0 aromatic heterocycles. The number of benzene rings is 1. The molecule has 0 spiro atoms. The van der Waals surface area contributed by atoms with E-state index >= 15 is 0 Å². The topological polar surface area (TPSA) is 38.7 Å². The molecule has 1 aromatic rings. The van der Waals surface area contributed by atoms with Crippen LogP contribution in [-0.4, -0.2) is 19.3 Å². The van der Waals surface area contributed by atoms with E-state index in [-0.39, 0.29) is 5.75 Å². The van der Waals surface area contributed by atoms with Gasteiger partial charge in [0, 0.05) is 11.6 Å². The van der Waals surface area contributed by atoms with Gasteiger partial charge in [-0.3, -0.25) is 0 Å². The number of aromatic hydroxyl groups is 1. The molecular weight excluding hydrogens is 264 g/mol. The molecule has 0 aliphatic rings. The zero-order valence-electron chi connectivity index (χ0n) is 13.7. The quantitative estimate of drug-likeness (QED) is 0.743. The maximum absolute atomic E-state index is 10.0. The summed E-state index contributed by atoms with van der Waals surface area (Å²) >= 11 is 0. The van der Waals surface area contributed by atoms with E-state index in [0.717, 1.165) is 18.4 Å². The highest BCUT2D eigenvalue weighted by molar-refractivity contribution is 5.50. The first kappa shape index (κ1) is 17.2. The second kappa shape index (κ2) is 8.40. The Bertz CT molecular complexity index is 524. The van der Waals surface area contributed by atoms with E-state index in [1.165, 1.54) is 11.1 Å². The molecule has 3 nitrogen and oxygen atoms in total. The maximum Gasteiger partial charge on any atom is 0.164 e. The molecule has 0 aliphatic heterocycles. The lowest BCUT2D eigenvalue weighted by Crippen LogP contribution is -1.93. The van der Waals surface area contributed by atoms with Gasteiger partial charge in [-0.2, -0.15) is 0 Å². The summed E-state index contributed by atoms with van der Waals surface area (Å²) in [5.74, 6) is 1.42. The van der Waals surface area contributed by atoms with Crippen LogP contribution in [0.1, 0.15) is 39.2 Å². The van der Waals surface area contributed by atoms with Gasteiger partial charge >= 0.3 is 0 Å². The van der Waals surface area contributed by atoms with E-state index in [1.807, 2.05) is 6.07 Å². The minimum atomic E-state index is 0.237. The number of phenols is 1. The third kappa shape index (κ3) is 5.54. The fourth-order valence-corrected chi connectivity index (χ4v) is 2.05. The number of ether oxygens (including phenoxy) is 2. The minimum Gasteiger partial charge on any atom is -0.508 e. The number of methoxy groups -OCH3 is 2. The van der Waals surface area contributed by atoms with E-state index in [4.69, 9.17) is 9.47 Å². The number of rotatable bonds is 7. The monoisotopic (exact) mass is 290 g/mol. The average Bonchev–Trinajstić information content (AvgIpc) is 2.45. The van der Waals surface area contributed by atoms with Gasteiger partial charge in [0.2, 0.25) is 0 Å². The van der Waals surface area contributed by atoms with Crippen LogP contribution in [0, 0.1) is 0 Å². The van der Waals surface area contributed by atoms with Crippen LogP contribution in [0.2, 0.25) is 0 Å². The smallest absolute Gasteiger partial charge is 0.164 e. The Labute approximate surface area is 127 Å². The Morgan fingerprint density at radius 1 is 1.05 bits per heavy atom. The SMILES string of the molecule is COc1cc(O)c(C/C=C(\C)CCC=C(C)C)cc1OC. The van der Waals surface area contributed by atoms with E-state index in [9.17, 15) is 5.11 Å². The highest BCUT2D eigenvalue weighted by atomic mass is 16.5. The molecule has 1 N–H and O–H groups in total.